The second-order valence-electron chi connectivity index (χ2n) is 5.09. The number of benzene rings is 2. The summed E-state index contributed by atoms with van der Waals surface area (Å²) in [4.78, 5) is 23.4. The number of rotatable bonds is 7. The molecule has 0 fully saturated rings. The molecule has 0 spiro atoms. The van der Waals surface area contributed by atoms with E-state index in [-0.39, 0.29) is 30.3 Å². The van der Waals surface area contributed by atoms with Crippen LogP contribution in [0.5, 0.6) is 5.75 Å². The van der Waals surface area contributed by atoms with Gasteiger partial charge in [-0.25, -0.2) is 8.78 Å². The summed E-state index contributed by atoms with van der Waals surface area (Å²) in [6, 6.07) is 7.25. The molecule has 0 bridgehead atoms. The maximum Gasteiger partial charge on any atom is 0.258 e. The fourth-order valence-corrected chi connectivity index (χ4v) is 2.40. The van der Waals surface area contributed by atoms with Gasteiger partial charge in [-0.1, -0.05) is 23.2 Å². The number of halogens is 4. The molecule has 0 radical (unpaired) electrons. The molecule has 0 atom stereocenters. The minimum atomic E-state index is -0.959. The second kappa shape index (κ2) is 9.35. The summed E-state index contributed by atoms with van der Waals surface area (Å²) in [5.41, 5.74) is -0.279. The highest BCUT2D eigenvalue weighted by Gasteiger charge is 2.12. The summed E-state index contributed by atoms with van der Waals surface area (Å²) < 4.78 is 31.5. The van der Waals surface area contributed by atoms with Gasteiger partial charge < -0.3 is 15.4 Å². The highest BCUT2D eigenvalue weighted by Crippen LogP contribution is 2.27. The molecule has 2 N–H and O–H groups in total. The molecule has 2 aromatic rings. The third kappa shape index (κ3) is 5.86. The van der Waals surface area contributed by atoms with E-state index in [0.717, 1.165) is 12.1 Å². The number of ether oxygens (including phenoxy) is 1. The minimum Gasteiger partial charge on any atom is -0.482 e. The van der Waals surface area contributed by atoms with Crippen molar-refractivity contribution in [2.24, 2.45) is 0 Å². The number of amides is 2. The Bertz CT molecular complexity index is 819. The normalized spacial score (nSPS) is 10.3. The molecule has 0 aliphatic heterocycles. The van der Waals surface area contributed by atoms with Gasteiger partial charge in [-0.3, -0.25) is 9.59 Å². The van der Waals surface area contributed by atoms with Crippen molar-refractivity contribution in [2.45, 2.75) is 0 Å². The van der Waals surface area contributed by atoms with Crippen LogP contribution in [-0.2, 0) is 4.79 Å². The molecule has 2 rings (SSSR count). The van der Waals surface area contributed by atoms with Crippen LogP contribution in [0.15, 0.2) is 36.4 Å². The van der Waals surface area contributed by atoms with Crippen LogP contribution in [0.4, 0.5) is 8.78 Å². The summed E-state index contributed by atoms with van der Waals surface area (Å²) in [6.45, 7) is -0.115. The van der Waals surface area contributed by atoms with Crippen molar-refractivity contribution in [1.29, 1.82) is 0 Å². The summed E-state index contributed by atoms with van der Waals surface area (Å²) in [5, 5.41) is 5.65. The van der Waals surface area contributed by atoms with Gasteiger partial charge in [0.2, 0.25) is 0 Å². The lowest BCUT2D eigenvalue weighted by Crippen LogP contribution is -2.37. The first-order chi connectivity index (χ1) is 12.4. The van der Waals surface area contributed by atoms with Crippen molar-refractivity contribution in [1.82, 2.24) is 10.6 Å². The maximum absolute atomic E-state index is 13.5. The van der Waals surface area contributed by atoms with Crippen molar-refractivity contribution < 1.29 is 23.1 Å². The second-order valence-corrected chi connectivity index (χ2v) is 5.94. The first kappa shape index (κ1) is 19.9. The molecule has 26 heavy (non-hydrogen) atoms. The van der Waals surface area contributed by atoms with Gasteiger partial charge in [0.05, 0.1) is 10.6 Å². The predicted octanol–water partition coefficient (Wildman–Crippen LogP) is 3.20. The van der Waals surface area contributed by atoms with Crippen LogP contribution in [0, 0.1) is 11.6 Å². The maximum atomic E-state index is 13.5. The largest absolute Gasteiger partial charge is 0.482 e. The van der Waals surface area contributed by atoms with E-state index >= 15 is 0 Å². The Balaban J connectivity index is 1.70. The van der Waals surface area contributed by atoms with Gasteiger partial charge in [0, 0.05) is 24.2 Å². The van der Waals surface area contributed by atoms with E-state index < -0.39 is 23.4 Å². The smallest absolute Gasteiger partial charge is 0.258 e. The highest BCUT2D eigenvalue weighted by atomic mass is 35.5. The van der Waals surface area contributed by atoms with Gasteiger partial charge in [-0.05, 0) is 30.3 Å². The average Bonchev–Trinajstić information content (AvgIpc) is 2.57. The molecule has 5 nitrogen and oxygen atoms in total. The lowest BCUT2D eigenvalue weighted by atomic mass is 10.2. The molecule has 0 aliphatic rings. The number of carbonyl (C=O) groups excluding carboxylic acids is 2. The fourth-order valence-electron chi connectivity index (χ4n) is 1.93. The quantitative estimate of drug-likeness (QED) is 0.698. The van der Waals surface area contributed by atoms with Crippen molar-refractivity contribution in [3.8, 4) is 5.75 Å². The van der Waals surface area contributed by atoms with Crippen LogP contribution in [-0.4, -0.2) is 31.5 Å². The molecule has 0 aromatic heterocycles. The zero-order valence-electron chi connectivity index (χ0n) is 13.3. The van der Waals surface area contributed by atoms with Gasteiger partial charge in [0.1, 0.15) is 17.4 Å². The van der Waals surface area contributed by atoms with Crippen molar-refractivity contribution >= 4 is 35.0 Å². The van der Waals surface area contributed by atoms with Crippen molar-refractivity contribution in [3.63, 3.8) is 0 Å². The Kier molecular flexibility index (Phi) is 7.17. The fraction of sp³-hybridized carbons (Fsp3) is 0.176. The van der Waals surface area contributed by atoms with Gasteiger partial charge in [-0.2, -0.15) is 0 Å². The van der Waals surface area contributed by atoms with E-state index in [9.17, 15) is 18.4 Å². The first-order valence-corrected chi connectivity index (χ1v) is 8.20. The lowest BCUT2D eigenvalue weighted by Gasteiger charge is -2.10. The van der Waals surface area contributed by atoms with Crippen LogP contribution in [0.25, 0.3) is 0 Å². The van der Waals surface area contributed by atoms with Crippen LogP contribution in [0.2, 0.25) is 10.0 Å². The molecule has 9 heteroatoms. The minimum absolute atomic E-state index is 0.0586. The molecule has 0 heterocycles. The number of carbonyl (C=O) groups is 2. The van der Waals surface area contributed by atoms with Crippen molar-refractivity contribution in [3.05, 3.63) is 63.6 Å². The molecule has 0 saturated carbocycles. The Morgan fingerprint density at radius 3 is 2.42 bits per heavy atom. The predicted molar refractivity (Wildman–Crippen MR) is 93.7 cm³/mol. The summed E-state index contributed by atoms with van der Waals surface area (Å²) in [7, 11) is 0. The molecular weight excluding hydrogens is 389 g/mol. The molecule has 0 saturated heterocycles. The van der Waals surface area contributed by atoms with Crippen LogP contribution < -0.4 is 15.4 Å². The summed E-state index contributed by atoms with van der Waals surface area (Å²) in [5.74, 6) is -2.56. The Morgan fingerprint density at radius 2 is 1.73 bits per heavy atom. The Labute approximate surface area is 158 Å². The van der Waals surface area contributed by atoms with Gasteiger partial charge in [-0.15, -0.1) is 0 Å². The number of hydrogen-bond donors (Lipinski definition) is 2. The number of hydrogen-bond acceptors (Lipinski definition) is 3. The van der Waals surface area contributed by atoms with Crippen LogP contribution >= 0.6 is 23.2 Å². The van der Waals surface area contributed by atoms with E-state index in [4.69, 9.17) is 27.9 Å². The summed E-state index contributed by atoms with van der Waals surface area (Å²) in [6.07, 6.45) is 0. The zero-order chi connectivity index (χ0) is 19.1. The monoisotopic (exact) mass is 402 g/mol. The van der Waals surface area contributed by atoms with Gasteiger partial charge in [0.25, 0.3) is 11.8 Å². The zero-order valence-corrected chi connectivity index (χ0v) is 14.8. The molecule has 0 unspecified atom stereocenters. The Hall–Kier alpha value is -2.38. The molecule has 138 valence electrons. The Morgan fingerprint density at radius 1 is 1.00 bits per heavy atom. The third-order valence-electron chi connectivity index (χ3n) is 3.16. The van der Waals surface area contributed by atoms with Gasteiger partial charge in [0.15, 0.2) is 6.61 Å². The van der Waals surface area contributed by atoms with Gasteiger partial charge >= 0.3 is 0 Å². The standard InChI is InChI=1S/C17H14Cl2F2N2O3/c18-10-1-4-15(13(19)7-10)26-9-16(24)22-5-6-23-17(25)12-3-2-11(20)8-14(12)21/h1-4,7-8H,5-6,9H2,(H,22,24)(H,23,25). The SMILES string of the molecule is O=C(COc1ccc(Cl)cc1Cl)NCCNC(=O)c1ccc(F)cc1F. The third-order valence-corrected chi connectivity index (χ3v) is 3.69. The van der Waals surface area contributed by atoms with Crippen molar-refractivity contribution in [2.75, 3.05) is 19.7 Å². The number of nitrogens with one attached hydrogen (secondary N) is 2. The lowest BCUT2D eigenvalue weighted by molar-refractivity contribution is -0.123. The van der Waals surface area contributed by atoms with E-state index in [1.54, 1.807) is 6.07 Å². The molecule has 2 amide bonds. The van der Waals surface area contributed by atoms with Crippen LogP contribution in [0.1, 0.15) is 10.4 Å². The van der Waals surface area contributed by atoms with E-state index in [2.05, 4.69) is 10.6 Å². The molecular formula is C17H14Cl2F2N2O3. The average molecular weight is 403 g/mol. The van der Waals surface area contributed by atoms with E-state index in [1.165, 1.54) is 12.1 Å². The summed E-state index contributed by atoms with van der Waals surface area (Å²) >= 11 is 11.7. The first-order valence-electron chi connectivity index (χ1n) is 7.44. The van der Waals surface area contributed by atoms with E-state index in [1.807, 2.05) is 0 Å². The highest BCUT2D eigenvalue weighted by molar-refractivity contribution is 6.35. The van der Waals surface area contributed by atoms with E-state index in [0.29, 0.717) is 16.8 Å². The molecule has 0 aliphatic carbocycles. The topological polar surface area (TPSA) is 67.4 Å². The van der Waals surface area contributed by atoms with Crippen LogP contribution in [0.3, 0.4) is 0 Å². The molecule has 2 aromatic carbocycles.